The fourth-order valence-corrected chi connectivity index (χ4v) is 3.51. The number of halogens is 2. The summed E-state index contributed by atoms with van der Waals surface area (Å²) in [6.07, 6.45) is 4.55. The molecule has 2 unspecified atom stereocenters. The first-order valence-electron chi connectivity index (χ1n) is 8.53. The van der Waals surface area contributed by atoms with Crippen LogP contribution in [0, 0.1) is 12.8 Å². The molecule has 2 aliphatic rings. The van der Waals surface area contributed by atoms with E-state index in [0.29, 0.717) is 6.54 Å². The number of carbonyl (C=O) groups is 1. The average molecular weight is 378 g/mol. The third-order valence-electron chi connectivity index (χ3n) is 4.81. The van der Waals surface area contributed by atoms with E-state index in [1.165, 1.54) is 12.8 Å². The molecule has 2 saturated heterocycles. The van der Waals surface area contributed by atoms with Gasteiger partial charge in [0.05, 0.1) is 12.0 Å². The molecule has 2 N–H and O–H groups in total. The molecule has 3 rings (SSSR count). The fraction of sp³-hybridized carbons (Fsp3) is 0.706. The molecular formula is C17H29Cl2N3O2. The second kappa shape index (κ2) is 10.3. The van der Waals surface area contributed by atoms with Gasteiger partial charge in [-0.1, -0.05) is 0 Å². The molecule has 24 heavy (non-hydrogen) atoms. The van der Waals surface area contributed by atoms with Crippen molar-refractivity contribution in [2.24, 2.45) is 5.92 Å². The minimum atomic E-state index is 0. The number of aryl methyl sites for hydroxylation is 1. The van der Waals surface area contributed by atoms with Gasteiger partial charge in [-0.2, -0.15) is 0 Å². The Morgan fingerprint density at radius 1 is 1.33 bits per heavy atom. The number of hydrogen-bond donors (Lipinski definition) is 2. The van der Waals surface area contributed by atoms with Gasteiger partial charge in [0, 0.05) is 13.1 Å². The highest BCUT2D eigenvalue weighted by Crippen LogP contribution is 2.26. The van der Waals surface area contributed by atoms with Crippen LogP contribution in [-0.2, 0) is 4.79 Å². The third kappa shape index (κ3) is 5.38. The number of piperidine rings is 1. The summed E-state index contributed by atoms with van der Waals surface area (Å²) >= 11 is 0. The van der Waals surface area contributed by atoms with E-state index in [0.717, 1.165) is 50.5 Å². The molecule has 0 bridgehead atoms. The predicted octanol–water partition coefficient (Wildman–Crippen LogP) is 2.68. The largest absolute Gasteiger partial charge is 0.465 e. The Hall–Kier alpha value is -0.750. The Labute approximate surface area is 156 Å². The monoisotopic (exact) mass is 377 g/mol. The molecule has 1 amide bonds. The van der Waals surface area contributed by atoms with Gasteiger partial charge in [0.15, 0.2) is 0 Å². The van der Waals surface area contributed by atoms with Crippen LogP contribution in [0.5, 0.6) is 0 Å². The summed E-state index contributed by atoms with van der Waals surface area (Å²) in [6, 6.07) is 4.22. The molecule has 2 fully saturated rings. The van der Waals surface area contributed by atoms with Crippen LogP contribution in [0.4, 0.5) is 0 Å². The van der Waals surface area contributed by atoms with E-state index in [1.54, 1.807) is 0 Å². The molecular weight excluding hydrogens is 349 g/mol. The summed E-state index contributed by atoms with van der Waals surface area (Å²) in [6.45, 7) is 6.63. The van der Waals surface area contributed by atoms with Crippen LogP contribution in [0.1, 0.15) is 43.2 Å². The highest BCUT2D eigenvalue weighted by Gasteiger charge is 2.28. The first-order valence-corrected chi connectivity index (χ1v) is 8.53. The van der Waals surface area contributed by atoms with Gasteiger partial charge in [-0.05, 0) is 64.4 Å². The van der Waals surface area contributed by atoms with Crippen LogP contribution in [0.15, 0.2) is 16.5 Å². The van der Waals surface area contributed by atoms with E-state index in [2.05, 4.69) is 15.5 Å². The van der Waals surface area contributed by atoms with Crippen molar-refractivity contribution in [2.75, 3.05) is 32.7 Å². The molecule has 0 saturated carbocycles. The minimum absolute atomic E-state index is 0. The lowest BCUT2D eigenvalue weighted by molar-refractivity contribution is -0.125. The van der Waals surface area contributed by atoms with Gasteiger partial charge in [0.2, 0.25) is 5.91 Å². The lowest BCUT2D eigenvalue weighted by atomic mass is 9.98. The van der Waals surface area contributed by atoms with Crippen LogP contribution in [0.2, 0.25) is 0 Å². The van der Waals surface area contributed by atoms with Gasteiger partial charge in [-0.3, -0.25) is 9.69 Å². The molecule has 0 spiro atoms. The number of likely N-dealkylation sites (tertiary alicyclic amines) is 1. The van der Waals surface area contributed by atoms with Gasteiger partial charge < -0.3 is 15.1 Å². The van der Waals surface area contributed by atoms with E-state index in [-0.39, 0.29) is 42.7 Å². The van der Waals surface area contributed by atoms with Crippen LogP contribution < -0.4 is 10.6 Å². The summed E-state index contributed by atoms with van der Waals surface area (Å²) in [5.74, 6) is 2.20. The van der Waals surface area contributed by atoms with E-state index in [9.17, 15) is 4.79 Å². The van der Waals surface area contributed by atoms with Crippen LogP contribution >= 0.6 is 24.8 Å². The Bertz CT molecular complexity index is 498. The van der Waals surface area contributed by atoms with Crippen molar-refractivity contribution in [2.45, 2.75) is 38.6 Å². The van der Waals surface area contributed by atoms with E-state index in [4.69, 9.17) is 4.42 Å². The number of carbonyl (C=O) groups excluding carboxylic acids is 1. The zero-order valence-electron chi connectivity index (χ0n) is 14.3. The van der Waals surface area contributed by atoms with Crippen molar-refractivity contribution in [1.82, 2.24) is 15.5 Å². The maximum Gasteiger partial charge on any atom is 0.224 e. The lowest BCUT2D eigenvalue weighted by Crippen LogP contribution is -2.43. The summed E-state index contributed by atoms with van der Waals surface area (Å²) < 4.78 is 5.83. The van der Waals surface area contributed by atoms with E-state index in [1.807, 2.05) is 19.1 Å². The Morgan fingerprint density at radius 3 is 2.67 bits per heavy atom. The summed E-state index contributed by atoms with van der Waals surface area (Å²) in [7, 11) is 0. The van der Waals surface area contributed by atoms with Crippen LogP contribution in [0.3, 0.4) is 0 Å². The SMILES string of the molecule is Cc1ccc(C(CNC(=O)C2CCCNC2)N2CCCC2)o1.Cl.Cl. The number of rotatable bonds is 5. The standard InChI is InChI=1S/C17H27N3O2.2ClH/c1-13-6-7-16(22-13)15(20-9-2-3-10-20)12-19-17(21)14-5-4-8-18-11-14;;/h6-7,14-15,18H,2-5,8-12H2,1H3,(H,19,21);2*1H. The topological polar surface area (TPSA) is 57.5 Å². The van der Waals surface area contributed by atoms with Crippen LogP contribution in [0.25, 0.3) is 0 Å². The molecule has 2 atom stereocenters. The minimum Gasteiger partial charge on any atom is -0.465 e. The molecule has 3 heterocycles. The highest BCUT2D eigenvalue weighted by atomic mass is 35.5. The quantitative estimate of drug-likeness (QED) is 0.827. The Morgan fingerprint density at radius 2 is 2.08 bits per heavy atom. The lowest BCUT2D eigenvalue weighted by Gasteiger charge is -2.28. The predicted molar refractivity (Wildman–Crippen MR) is 100 cm³/mol. The zero-order valence-corrected chi connectivity index (χ0v) is 15.9. The molecule has 2 aliphatic heterocycles. The average Bonchev–Trinajstić information content (AvgIpc) is 3.21. The normalized spacial score (nSPS) is 22.3. The second-order valence-electron chi connectivity index (χ2n) is 6.50. The van der Waals surface area contributed by atoms with Gasteiger partial charge in [-0.25, -0.2) is 0 Å². The first-order chi connectivity index (χ1) is 10.7. The van der Waals surface area contributed by atoms with Crippen molar-refractivity contribution in [3.05, 3.63) is 23.7 Å². The van der Waals surface area contributed by atoms with Crippen molar-refractivity contribution in [3.63, 3.8) is 0 Å². The van der Waals surface area contributed by atoms with Gasteiger partial charge >= 0.3 is 0 Å². The Kier molecular flexibility index (Phi) is 9.13. The molecule has 7 heteroatoms. The number of hydrogen-bond acceptors (Lipinski definition) is 4. The van der Waals surface area contributed by atoms with E-state index >= 15 is 0 Å². The van der Waals surface area contributed by atoms with Gasteiger partial charge in [0.25, 0.3) is 0 Å². The summed E-state index contributed by atoms with van der Waals surface area (Å²) in [5, 5.41) is 6.46. The first kappa shape index (κ1) is 21.3. The third-order valence-corrected chi connectivity index (χ3v) is 4.81. The van der Waals surface area contributed by atoms with Gasteiger partial charge in [0.1, 0.15) is 11.5 Å². The molecule has 5 nitrogen and oxygen atoms in total. The maximum atomic E-state index is 12.4. The van der Waals surface area contributed by atoms with Gasteiger partial charge in [-0.15, -0.1) is 24.8 Å². The molecule has 138 valence electrons. The highest BCUT2D eigenvalue weighted by molar-refractivity contribution is 5.85. The van der Waals surface area contributed by atoms with Crippen molar-refractivity contribution in [1.29, 1.82) is 0 Å². The van der Waals surface area contributed by atoms with Crippen molar-refractivity contribution < 1.29 is 9.21 Å². The zero-order chi connectivity index (χ0) is 15.4. The van der Waals surface area contributed by atoms with E-state index < -0.39 is 0 Å². The van der Waals surface area contributed by atoms with Crippen molar-refractivity contribution in [3.8, 4) is 0 Å². The fourth-order valence-electron chi connectivity index (χ4n) is 3.51. The summed E-state index contributed by atoms with van der Waals surface area (Å²) in [4.78, 5) is 14.8. The molecule has 1 aromatic rings. The molecule has 1 aromatic heterocycles. The molecule has 0 aromatic carbocycles. The maximum absolute atomic E-state index is 12.4. The number of furan rings is 1. The van der Waals surface area contributed by atoms with Crippen LogP contribution in [-0.4, -0.2) is 43.5 Å². The number of nitrogens with zero attached hydrogens (tertiary/aromatic N) is 1. The second-order valence-corrected chi connectivity index (χ2v) is 6.50. The summed E-state index contributed by atoms with van der Waals surface area (Å²) in [5.41, 5.74) is 0. The smallest absolute Gasteiger partial charge is 0.224 e. The molecule has 0 radical (unpaired) electrons. The number of nitrogens with one attached hydrogen (secondary N) is 2. The number of amides is 1. The van der Waals surface area contributed by atoms with Crippen molar-refractivity contribution >= 4 is 30.7 Å². The molecule has 0 aliphatic carbocycles. The Balaban J connectivity index is 0.00000144.